The van der Waals surface area contributed by atoms with Gasteiger partial charge >= 0.3 is 0 Å². The Bertz CT molecular complexity index is 1010. The largest absolute Gasteiger partial charge is 0.355 e. The summed E-state index contributed by atoms with van der Waals surface area (Å²) in [5.41, 5.74) is 3.13. The molecule has 1 saturated heterocycles. The number of hydrogen-bond donors (Lipinski definition) is 2. The molecule has 0 radical (unpaired) electrons. The molecule has 2 N–H and O–H groups in total. The lowest BCUT2D eigenvalue weighted by Crippen LogP contribution is -2.40. The molecule has 0 unspecified atom stereocenters. The number of Topliss-reactive ketones (excluding diaryl/α,β-unsaturated/α-hetero) is 1. The van der Waals surface area contributed by atoms with Crippen LogP contribution >= 0.6 is 0 Å². The first kappa shape index (κ1) is 24.0. The summed E-state index contributed by atoms with van der Waals surface area (Å²) in [7, 11) is 3.08. The van der Waals surface area contributed by atoms with Crippen LogP contribution in [0.3, 0.4) is 0 Å². The van der Waals surface area contributed by atoms with Crippen LogP contribution in [0.5, 0.6) is 0 Å². The van der Waals surface area contributed by atoms with Gasteiger partial charge in [0.05, 0.1) is 6.54 Å². The highest BCUT2D eigenvalue weighted by Gasteiger charge is 2.27. The maximum absolute atomic E-state index is 13.1. The number of rotatable bonds is 6. The first-order chi connectivity index (χ1) is 15.8. The number of halogens is 2. The van der Waals surface area contributed by atoms with Crippen LogP contribution in [0.4, 0.5) is 8.78 Å². The SMILES string of the molecule is CNC(=O)c1ccc(/C=C2/CN(CC(F)F)C/C(=C/c3ccc(C(=O)NC)cc3)C2=O)cc1. The van der Waals surface area contributed by atoms with Crippen molar-refractivity contribution >= 4 is 29.7 Å². The van der Waals surface area contributed by atoms with E-state index in [0.717, 1.165) is 0 Å². The van der Waals surface area contributed by atoms with Gasteiger partial charge < -0.3 is 10.6 Å². The second-order valence-corrected chi connectivity index (χ2v) is 7.63. The lowest BCUT2D eigenvalue weighted by Gasteiger charge is -2.29. The highest BCUT2D eigenvalue weighted by Crippen LogP contribution is 2.23. The molecule has 0 bridgehead atoms. The molecule has 8 heteroatoms. The maximum Gasteiger partial charge on any atom is 0.251 e. The van der Waals surface area contributed by atoms with E-state index in [2.05, 4.69) is 10.6 Å². The zero-order chi connectivity index (χ0) is 24.0. The average Bonchev–Trinajstić information content (AvgIpc) is 2.81. The van der Waals surface area contributed by atoms with Gasteiger partial charge in [-0.2, -0.15) is 0 Å². The van der Waals surface area contributed by atoms with Crippen molar-refractivity contribution in [3.63, 3.8) is 0 Å². The zero-order valence-electron chi connectivity index (χ0n) is 18.4. The van der Waals surface area contributed by atoms with E-state index >= 15 is 0 Å². The molecule has 0 spiro atoms. The van der Waals surface area contributed by atoms with E-state index < -0.39 is 13.0 Å². The third-order valence-electron chi connectivity index (χ3n) is 5.25. The topological polar surface area (TPSA) is 78.5 Å². The van der Waals surface area contributed by atoms with E-state index in [4.69, 9.17) is 0 Å². The molecule has 172 valence electrons. The second-order valence-electron chi connectivity index (χ2n) is 7.63. The number of amides is 2. The summed E-state index contributed by atoms with van der Waals surface area (Å²) in [4.78, 5) is 38.1. The minimum Gasteiger partial charge on any atom is -0.355 e. The fraction of sp³-hybridized carbons (Fsp3) is 0.240. The summed E-state index contributed by atoms with van der Waals surface area (Å²) < 4.78 is 26.2. The van der Waals surface area contributed by atoms with E-state index in [-0.39, 0.29) is 30.7 Å². The average molecular weight is 453 g/mol. The third-order valence-corrected chi connectivity index (χ3v) is 5.25. The molecule has 0 aromatic heterocycles. The number of piperidine rings is 1. The van der Waals surface area contributed by atoms with Crippen LogP contribution in [0.2, 0.25) is 0 Å². The number of nitrogens with one attached hydrogen (secondary N) is 2. The van der Waals surface area contributed by atoms with Crippen LogP contribution in [0, 0.1) is 0 Å². The first-order valence-electron chi connectivity index (χ1n) is 10.4. The highest BCUT2D eigenvalue weighted by atomic mass is 19.3. The predicted molar refractivity (Wildman–Crippen MR) is 123 cm³/mol. The van der Waals surface area contributed by atoms with Crippen LogP contribution < -0.4 is 10.6 Å². The van der Waals surface area contributed by atoms with Crippen molar-refractivity contribution in [1.82, 2.24) is 15.5 Å². The lowest BCUT2D eigenvalue weighted by molar-refractivity contribution is -0.113. The standard InChI is InChI=1S/C25H25F2N3O3/c1-28-24(32)18-7-3-16(4-8-18)11-20-13-30(15-22(26)27)14-21(23(20)31)12-17-5-9-19(10-6-17)25(33)29-2/h3-12,22H,13-15H2,1-2H3,(H,28,32)(H,29,33)/b20-11-,21-12-. The van der Waals surface area contributed by atoms with Crippen LogP contribution in [0.15, 0.2) is 59.7 Å². The molecule has 0 aliphatic carbocycles. The van der Waals surface area contributed by atoms with Crippen molar-refractivity contribution in [3.8, 4) is 0 Å². The molecule has 1 aliphatic rings. The Morgan fingerprint density at radius 2 is 1.24 bits per heavy atom. The van der Waals surface area contributed by atoms with Crippen molar-refractivity contribution in [3.05, 3.63) is 81.9 Å². The van der Waals surface area contributed by atoms with Crippen LogP contribution in [0.1, 0.15) is 31.8 Å². The molecular formula is C25H25F2N3O3. The minimum atomic E-state index is -2.53. The fourth-order valence-corrected chi connectivity index (χ4v) is 3.59. The zero-order valence-corrected chi connectivity index (χ0v) is 18.4. The third kappa shape index (κ3) is 6.20. The van der Waals surface area contributed by atoms with Crippen LogP contribution in [-0.2, 0) is 4.79 Å². The lowest BCUT2D eigenvalue weighted by atomic mass is 9.94. The number of likely N-dealkylation sites (tertiary alicyclic amines) is 1. The van der Waals surface area contributed by atoms with Gasteiger partial charge in [-0.25, -0.2) is 8.78 Å². The minimum absolute atomic E-state index is 0.104. The Hall–Kier alpha value is -3.65. The molecule has 33 heavy (non-hydrogen) atoms. The normalized spacial score (nSPS) is 16.9. The molecule has 2 aromatic carbocycles. The molecule has 3 rings (SSSR count). The number of carbonyl (C=O) groups is 3. The molecule has 0 saturated carbocycles. The number of hydrogen-bond acceptors (Lipinski definition) is 4. The van der Waals surface area contributed by atoms with Gasteiger partial charge in [0.2, 0.25) is 0 Å². The Morgan fingerprint density at radius 3 is 1.58 bits per heavy atom. The van der Waals surface area contributed by atoms with Gasteiger partial charge in [-0.15, -0.1) is 0 Å². The van der Waals surface area contributed by atoms with Gasteiger partial charge in [0.1, 0.15) is 0 Å². The van der Waals surface area contributed by atoms with Crippen molar-refractivity contribution in [1.29, 1.82) is 0 Å². The summed E-state index contributed by atoms with van der Waals surface area (Å²) >= 11 is 0. The quantitative estimate of drug-likeness (QED) is 0.660. The van der Waals surface area contributed by atoms with Crippen LogP contribution in [0.25, 0.3) is 12.2 Å². The molecule has 1 aliphatic heterocycles. The van der Waals surface area contributed by atoms with Gasteiger partial charge in [0.15, 0.2) is 5.78 Å². The molecule has 2 aromatic rings. The highest BCUT2D eigenvalue weighted by molar-refractivity contribution is 6.14. The maximum atomic E-state index is 13.1. The summed E-state index contributed by atoms with van der Waals surface area (Å²) in [5, 5.41) is 5.08. The molecule has 6 nitrogen and oxygen atoms in total. The summed E-state index contributed by atoms with van der Waals surface area (Å²) in [6, 6.07) is 13.4. The first-order valence-corrected chi connectivity index (χ1v) is 10.4. The van der Waals surface area contributed by atoms with E-state index in [1.54, 1.807) is 60.7 Å². The Morgan fingerprint density at radius 1 is 0.848 bits per heavy atom. The smallest absolute Gasteiger partial charge is 0.251 e. The number of alkyl halides is 2. The van der Waals surface area contributed by atoms with E-state index in [9.17, 15) is 23.2 Å². The van der Waals surface area contributed by atoms with E-state index in [0.29, 0.717) is 33.4 Å². The van der Waals surface area contributed by atoms with Crippen molar-refractivity contribution < 1.29 is 23.2 Å². The Kier molecular flexibility index (Phi) is 7.84. The molecule has 1 fully saturated rings. The Balaban J connectivity index is 1.90. The predicted octanol–water partition coefficient (Wildman–Crippen LogP) is 3.02. The monoisotopic (exact) mass is 453 g/mol. The van der Waals surface area contributed by atoms with Crippen molar-refractivity contribution in [2.45, 2.75) is 6.43 Å². The van der Waals surface area contributed by atoms with Gasteiger partial charge in [0, 0.05) is 49.5 Å². The number of ketones is 1. The Labute approximate surface area is 191 Å². The summed E-state index contributed by atoms with van der Waals surface area (Å²) in [5.74, 6) is -0.663. The summed E-state index contributed by atoms with van der Waals surface area (Å²) in [6.07, 6.45) is 0.797. The molecule has 2 amide bonds. The molecule has 1 heterocycles. The van der Waals surface area contributed by atoms with Gasteiger partial charge in [0.25, 0.3) is 18.2 Å². The number of benzene rings is 2. The van der Waals surface area contributed by atoms with Gasteiger partial charge in [-0.05, 0) is 47.5 Å². The van der Waals surface area contributed by atoms with E-state index in [1.807, 2.05) is 0 Å². The molecule has 0 atom stereocenters. The molecular weight excluding hydrogens is 428 g/mol. The summed E-state index contributed by atoms with van der Waals surface area (Å²) in [6.45, 7) is -0.242. The number of carbonyl (C=O) groups excluding carboxylic acids is 3. The van der Waals surface area contributed by atoms with Gasteiger partial charge in [-0.1, -0.05) is 24.3 Å². The fourth-order valence-electron chi connectivity index (χ4n) is 3.59. The van der Waals surface area contributed by atoms with E-state index in [1.165, 1.54) is 19.0 Å². The number of nitrogens with zero attached hydrogens (tertiary/aromatic N) is 1. The van der Waals surface area contributed by atoms with Gasteiger partial charge in [-0.3, -0.25) is 19.3 Å². The second kappa shape index (κ2) is 10.8. The van der Waals surface area contributed by atoms with Crippen molar-refractivity contribution in [2.24, 2.45) is 0 Å². The van der Waals surface area contributed by atoms with Crippen molar-refractivity contribution in [2.75, 3.05) is 33.7 Å². The van der Waals surface area contributed by atoms with Crippen LogP contribution in [-0.4, -0.2) is 62.7 Å².